The van der Waals surface area contributed by atoms with Gasteiger partial charge in [0.15, 0.2) is 5.76 Å². The molecule has 3 aromatic rings. The molecule has 0 unspecified atom stereocenters. The first-order chi connectivity index (χ1) is 12.0. The summed E-state index contributed by atoms with van der Waals surface area (Å²) < 4.78 is 7.51. The van der Waals surface area contributed by atoms with Crippen molar-refractivity contribution in [2.24, 2.45) is 7.05 Å². The second kappa shape index (κ2) is 5.89. The molecular formula is C19H19N3O3. The number of furan rings is 1. The third-order valence-electron chi connectivity index (χ3n) is 4.55. The number of carboxylic acids is 1. The lowest BCUT2D eigenvalue weighted by Gasteiger charge is -2.14. The monoisotopic (exact) mass is 337 g/mol. The third-order valence-corrected chi connectivity index (χ3v) is 4.55. The van der Waals surface area contributed by atoms with E-state index in [9.17, 15) is 9.90 Å². The van der Waals surface area contributed by atoms with Crippen molar-refractivity contribution in [2.75, 3.05) is 0 Å². The van der Waals surface area contributed by atoms with Crippen molar-refractivity contribution in [3.63, 3.8) is 0 Å². The van der Waals surface area contributed by atoms with Gasteiger partial charge in [-0.1, -0.05) is 12.1 Å². The predicted octanol–water partition coefficient (Wildman–Crippen LogP) is 3.20. The molecule has 1 aromatic carbocycles. The number of hydrogen-bond acceptors (Lipinski definition) is 4. The molecule has 1 aliphatic heterocycles. The van der Waals surface area contributed by atoms with E-state index >= 15 is 0 Å². The van der Waals surface area contributed by atoms with Crippen LogP contribution in [0.5, 0.6) is 0 Å². The maximum Gasteiger partial charge on any atom is 0.336 e. The lowest BCUT2D eigenvalue weighted by Crippen LogP contribution is -2.16. The first kappa shape index (κ1) is 15.7. The molecule has 1 aliphatic rings. The Balaban J connectivity index is 1.61. The van der Waals surface area contributed by atoms with Gasteiger partial charge in [0, 0.05) is 38.4 Å². The van der Waals surface area contributed by atoms with Crippen LogP contribution in [0.1, 0.15) is 32.8 Å². The fraction of sp³-hybridized carbons (Fsp3) is 0.263. The molecule has 25 heavy (non-hydrogen) atoms. The highest BCUT2D eigenvalue weighted by Gasteiger charge is 2.25. The van der Waals surface area contributed by atoms with E-state index in [4.69, 9.17) is 4.42 Å². The molecule has 2 aromatic heterocycles. The molecule has 0 saturated heterocycles. The fourth-order valence-corrected chi connectivity index (χ4v) is 3.47. The van der Waals surface area contributed by atoms with Gasteiger partial charge in [-0.25, -0.2) is 4.79 Å². The van der Waals surface area contributed by atoms with Crippen LogP contribution in [0, 0.1) is 6.92 Å². The number of benzene rings is 1. The Hall–Kier alpha value is -2.86. The molecule has 0 radical (unpaired) electrons. The SMILES string of the molecule is Cc1ccc(-c2nn(C)cc2CN2Cc3cccc(C(=O)O)c3C2)o1. The highest BCUT2D eigenvalue weighted by Crippen LogP contribution is 2.30. The Morgan fingerprint density at radius 2 is 2.12 bits per heavy atom. The van der Waals surface area contributed by atoms with Crippen molar-refractivity contribution >= 4 is 5.97 Å². The molecule has 0 amide bonds. The lowest BCUT2D eigenvalue weighted by molar-refractivity contribution is 0.0695. The molecule has 1 N–H and O–H groups in total. The van der Waals surface area contributed by atoms with Crippen LogP contribution in [-0.2, 0) is 26.7 Å². The van der Waals surface area contributed by atoms with Gasteiger partial charge in [-0.15, -0.1) is 0 Å². The molecule has 0 aliphatic carbocycles. The smallest absolute Gasteiger partial charge is 0.336 e. The van der Waals surface area contributed by atoms with Crippen LogP contribution in [0.3, 0.4) is 0 Å². The molecule has 0 bridgehead atoms. The van der Waals surface area contributed by atoms with Gasteiger partial charge in [0.2, 0.25) is 0 Å². The lowest BCUT2D eigenvalue weighted by atomic mass is 10.0. The number of carbonyl (C=O) groups is 1. The van der Waals surface area contributed by atoms with Crippen molar-refractivity contribution in [2.45, 2.75) is 26.6 Å². The molecular weight excluding hydrogens is 318 g/mol. The summed E-state index contributed by atoms with van der Waals surface area (Å²) >= 11 is 0. The van der Waals surface area contributed by atoms with E-state index in [-0.39, 0.29) is 0 Å². The molecule has 128 valence electrons. The average Bonchev–Trinajstić information content (AvgIpc) is 3.25. The Kier molecular flexibility index (Phi) is 3.69. The van der Waals surface area contributed by atoms with Crippen LogP contribution < -0.4 is 0 Å². The highest BCUT2D eigenvalue weighted by molar-refractivity contribution is 5.90. The number of aromatic nitrogens is 2. The van der Waals surface area contributed by atoms with Crippen LogP contribution in [0.2, 0.25) is 0 Å². The van der Waals surface area contributed by atoms with Crippen molar-refractivity contribution in [1.82, 2.24) is 14.7 Å². The Morgan fingerprint density at radius 1 is 1.28 bits per heavy atom. The summed E-state index contributed by atoms with van der Waals surface area (Å²) in [6, 6.07) is 9.35. The Bertz CT molecular complexity index is 955. The number of hydrogen-bond donors (Lipinski definition) is 1. The Labute approximate surface area is 145 Å². The second-order valence-electron chi connectivity index (χ2n) is 6.48. The quantitative estimate of drug-likeness (QED) is 0.791. The minimum Gasteiger partial charge on any atom is -0.478 e. The van der Waals surface area contributed by atoms with E-state index in [2.05, 4.69) is 10.00 Å². The number of aryl methyl sites for hydroxylation is 2. The Morgan fingerprint density at radius 3 is 2.84 bits per heavy atom. The van der Waals surface area contributed by atoms with Crippen LogP contribution >= 0.6 is 0 Å². The summed E-state index contributed by atoms with van der Waals surface area (Å²) in [6.45, 7) is 3.97. The van der Waals surface area contributed by atoms with E-state index in [1.54, 1.807) is 10.7 Å². The van der Waals surface area contributed by atoms with Gasteiger partial charge in [-0.05, 0) is 36.2 Å². The molecule has 0 fully saturated rings. The van der Waals surface area contributed by atoms with Crippen molar-refractivity contribution in [3.8, 4) is 11.5 Å². The fourth-order valence-electron chi connectivity index (χ4n) is 3.47. The zero-order valence-electron chi connectivity index (χ0n) is 14.2. The number of fused-ring (bicyclic) bond motifs is 1. The first-order valence-corrected chi connectivity index (χ1v) is 8.17. The summed E-state index contributed by atoms with van der Waals surface area (Å²) in [5.74, 6) is 0.745. The summed E-state index contributed by atoms with van der Waals surface area (Å²) in [7, 11) is 1.89. The zero-order chi connectivity index (χ0) is 17.6. The van der Waals surface area contributed by atoms with E-state index < -0.39 is 5.97 Å². The summed E-state index contributed by atoms with van der Waals surface area (Å²) in [6.07, 6.45) is 1.99. The van der Waals surface area contributed by atoms with Crippen LogP contribution in [0.4, 0.5) is 0 Å². The predicted molar refractivity (Wildman–Crippen MR) is 92.0 cm³/mol. The first-order valence-electron chi connectivity index (χ1n) is 8.17. The van der Waals surface area contributed by atoms with Crippen LogP contribution in [0.25, 0.3) is 11.5 Å². The number of carboxylic acid groups (broad SMARTS) is 1. The topological polar surface area (TPSA) is 71.5 Å². The zero-order valence-corrected chi connectivity index (χ0v) is 14.2. The number of rotatable bonds is 4. The molecule has 6 nitrogen and oxygen atoms in total. The molecule has 0 atom stereocenters. The number of aromatic carboxylic acids is 1. The van der Waals surface area contributed by atoms with Crippen molar-refractivity contribution in [3.05, 3.63) is 64.5 Å². The average molecular weight is 337 g/mol. The molecule has 4 rings (SSSR count). The van der Waals surface area contributed by atoms with Gasteiger partial charge in [-0.3, -0.25) is 9.58 Å². The molecule has 3 heterocycles. The second-order valence-corrected chi connectivity index (χ2v) is 6.48. The van der Waals surface area contributed by atoms with Gasteiger partial charge < -0.3 is 9.52 Å². The van der Waals surface area contributed by atoms with E-state index in [1.807, 2.05) is 44.4 Å². The van der Waals surface area contributed by atoms with Crippen molar-refractivity contribution in [1.29, 1.82) is 0 Å². The minimum atomic E-state index is -0.869. The standard InChI is InChI=1S/C19H19N3O3/c1-12-6-7-17(25-12)18-14(8-21(2)20-18)10-22-9-13-4-3-5-15(19(23)24)16(13)11-22/h3-8H,9-11H2,1-2H3,(H,23,24). The largest absolute Gasteiger partial charge is 0.478 e. The summed E-state index contributed by atoms with van der Waals surface area (Å²) in [4.78, 5) is 13.7. The highest BCUT2D eigenvalue weighted by atomic mass is 16.4. The van der Waals surface area contributed by atoms with Crippen LogP contribution in [-0.4, -0.2) is 25.8 Å². The third kappa shape index (κ3) is 2.85. The molecule has 0 spiro atoms. The number of nitrogens with zero attached hydrogens (tertiary/aromatic N) is 3. The van der Waals surface area contributed by atoms with E-state index in [0.29, 0.717) is 18.7 Å². The van der Waals surface area contributed by atoms with E-state index in [1.165, 1.54) is 0 Å². The van der Waals surface area contributed by atoms with Gasteiger partial charge in [-0.2, -0.15) is 5.10 Å². The van der Waals surface area contributed by atoms with Gasteiger partial charge in [0.25, 0.3) is 0 Å². The summed E-state index contributed by atoms with van der Waals surface area (Å²) in [5, 5.41) is 13.9. The maximum absolute atomic E-state index is 11.4. The molecule has 6 heteroatoms. The van der Waals surface area contributed by atoms with Crippen molar-refractivity contribution < 1.29 is 14.3 Å². The van der Waals surface area contributed by atoms with Gasteiger partial charge in [0.05, 0.1) is 5.56 Å². The summed E-state index contributed by atoms with van der Waals surface area (Å²) in [5.41, 5.74) is 4.30. The van der Waals surface area contributed by atoms with Gasteiger partial charge in [0.1, 0.15) is 11.5 Å². The van der Waals surface area contributed by atoms with Crippen LogP contribution in [0.15, 0.2) is 40.9 Å². The molecule has 0 saturated carbocycles. The maximum atomic E-state index is 11.4. The van der Waals surface area contributed by atoms with E-state index in [0.717, 1.165) is 40.4 Å². The van der Waals surface area contributed by atoms with Gasteiger partial charge >= 0.3 is 5.97 Å². The normalized spacial score (nSPS) is 14.0. The minimum absolute atomic E-state index is 0.396.